The van der Waals surface area contributed by atoms with Crippen molar-refractivity contribution < 1.29 is 22.4 Å². The van der Waals surface area contributed by atoms with Gasteiger partial charge in [0, 0.05) is 23.3 Å². The van der Waals surface area contributed by atoms with Gasteiger partial charge in [-0.1, -0.05) is 48.5 Å². The van der Waals surface area contributed by atoms with Crippen LogP contribution in [0, 0.1) is 0 Å². The number of hydrogen-bond donors (Lipinski definition) is 1. The van der Waals surface area contributed by atoms with Gasteiger partial charge in [-0.05, 0) is 47.5 Å². The van der Waals surface area contributed by atoms with E-state index in [2.05, 4.69) is 60.7 Å². The van der Waals surface area contributed by atoms with Gasteiger partial charge >= 0.3 is 7.25 Å². The Hall–Kier alpha value is -3.19. The van der Waals surface area contributed by atoms with E-state index in [1.807, 2.05) is 24.3 Å². The molecule has 0 atom stereocenters. The molecule has 0 unspecified atom stereocenters. The maximum absolute atomic E-state index is 9.75. The van der Waals surface area contributed by atoms with Crippen molar-refractivity contribution in [3.8, 4) is 37.8 Å². The summed E-state index contributed by atoms with van der Waals surface area (Å²) in [5.41, 5.74) is 4.67. The van der Waals surface area contributed by atoms with E-state index in [0.717, 1.165) is 11.1 Å². The van der Waals surface area contributed by atoms with Crippen LogP contribution in [0.25, 0.3) is 32.0 Å². The number of rotatable bonds is 3. The molecule has 0 bridgehead atoms. The number of halogens is 4. The van der Waals surface area contributed by atoms with E-state index >= 15 is 0 Å². The molecule has 3 aromatic carbocycles. The van der Waals surface area contributed by atoms with Crippen LogP contribution in [0.1, 0.15) is 0 Å². The lowest BCUT2D eigenvalue weighted by Gasteiger charge is -2.03. The lowest BCUT2D eigenvalue weighted by molar-refractivity contribution is 0.368. The van der Waals surface area contributed by atoms with E-state index in [0.29, 0.717) is 0 Å². The number of phenols is 1. The topological polar surface area (TPSA) is 20.2 Å². The fourth-order valence-electron chi connectivity index (χ4n) is 2.81. The van der Waals surface area contributed by atoms with Gasteiger partial charge in [-0.2, -0.15) is 0 Å². The second-order valence-corrected chi connectivity index (χ2v) is 7.43. The van der Waals surface area contributed by atoms with Gasteiger partial charge in [0.25, 0.3) is 0 Å². The molecule has 1 N–H and O–H groups in total. The molecule has 0 fully saturated rings. The quantitative estimate of drug-likeness (QED) is 0.199. The van der Waals surface area contributed by atoms with Gasteiger partial charge in [0.1, 0.15) is 5.75 Å². The minimum atomic E-state index is -6.00. The predicted molar refractivity (Wildman–Crippen MR) is 117 cm³/mol. The lowest BCUT2D eigenvalue weighted by atomic mass is 10.0. The van der Waals surface area contributed by atoms with Crippen LogP contribution in [0.5, 0.6) is 5.75 Å². The molecule has 0 amide bonds. The van der Waals surface area contributed by atoms with Crippen molar-refractivity contribution in [1.82, 2.24) is 0 Å². The number of aromatic hydroxyl groups is 1. The van der Waals surface area contributed by atoms with Crippen LogP contribution in [-0.2, 0) is 0 Å². The third-order valence-corrected chi connectivity index (χ3v) is 5.26. The monoisotopic (exact) mass is 428 g/mol. The molecule has 0 saturated carbocycles. The highest BCUT2D eigenvalue weighted by Crippen LogP contribution is 2.37. The van der Waals surface area contributed by atoms with Gasteiger partial charge in [-0.25, -0.2) is 0 Å². The fourth-order valence-corrected chi connectivity index (χ4v) is 3.93. The Morgan fingerprint density at radius 3 is 1.33 bits per heavy atom. The molecular weight excluding hydrogens is 411 g/mol. The molecule has 0 aliphatic rings. The maximum Gasteiger partial charge on any atom is 0.673 e. The molecule has 4 rings (SSSR count). The van der Waals surface area contributed by atoms with Crippen molar-refractivity contribution in [3.63, 3.8) is 0 Å². The van der Waals surface area contributed by atoms with E-state index < -0.39 is 7.25 Å². The summed E-state index contributed by atoms with van der Waals surface area (Å²) < 4.78 is 39.0. The largest absolute Gasteiger partial charge is 0.673 e. The first kappa shape index (κ1) is 21.5. The summed E-state index contributed by atoms with van der Waals surface area (Å²) >= 11 is 1.79. The SMILES string of the molecule is F[B-](F)(F)F.Oc1ccc(-c2cc(-c3ccccc3)[s+]c(-c3ccccc3)c2)cc1. The Balaban J connectivity index is 0.000000461. The van der Waals surface area contributed by atoms with Crippen LogP contribution >= 0.6 is 11.3 Å². The smallest absolute Gasteiger partial charge is 0.508 e. The standard InChI is InChI=1S/C23H16OS.BF4/c24-21-13-11-17(12-14-21)20-15-22(18-7-3-1-4-8-18)25-23(16-20)19-9-5-2-6-10-19;2-1(3,4)5/h1-16H;/q;-1/p+1. The summed E-state index contributed by atoms with van der Waals surface area (Å²) in [7, 11) is -6.00. The zero-order valence-corrected chi connectivity index (χ0v) is 16.5. The molecule has 0 radical (unpaired) electrons. The van der Waals surface area contributed by atoms with E-state index in [1.54, 1.807) is 23.5 Å². The lowest BCUT2D eigenvalue weighted by Crippen LogP contribution is -2.02. The number of phenolic OH excluding ortho intramolecular Hbond substituents is 1. The van der Waals surface area contributed by atoms with Crippen LogP contribution in [-0.4, -0.2) is 12.4 Å². The molecule has 7 heteroatoms. The van der Waals surface area contributed by atoms with Crippen molar-refractivity contribution in [2.24, 2.45) is 0 Å². The molecule has 4 aromatic rings. The van der Waals surface area contributed by atoms with Crippen molar-refractivity contribution in [1.29, 1.82) is 0 Å². The first-order valence-corrected chi connectivity index (χ1v) is 9.87. The summed E-state index contributed by atoms with van der Waals surface area (Å²) in [6.07, 6.45) is 0. The highest BCUT2D eigenvalue weighted by atomic mass is 32.1. The van der Waals surface area contributed by atoms with Gasteiger partial charge in [-0.3, -0.25) is 0 Å². The summed E-state index contributed by atoms with van der Waals surface area (Å²) in [4.78, 5) is 2.45. The minimum Gasteiger partial charge on any atom is -0.508 e. The molecule has 0 spiro atoms. The van der Waals surface area contributed by atoms with Crippen molar-refractivity contribution in [2.75, 3.05) is 0 Å². The fraction of sp³-hybridized carbons (Fsp3) is 0. The molecule has 0 aliphatic carbocycles. The predicted octanol–water partition coefficient (Wildman–Crippen LogP) is 8.04. The van der Waals surface area contributed by atoms with Crippen molar-refractivity contribution in [3.05, 3.63) is 97.1 Å². The highest BCUT2D eigenvalue weighted by molar-refractivity contribution is 7.18. The van der Waals surface area contributed by atoms with Gasteiger partial charge in [0.05, 0.1) is 0 Å². The zero-order chi connectivity index (χ0) is 21.6. The maximum atomic E-state index is 9.75. The summed E-state index contributed by atoms with van der Waals surface area (Å²) in [5, 5.41) is 9.57. The van der Waals surface area contributed by atoms with E-state index in [4.69, 9.17) is 0 Å². The Kier molecular flexibility index (Phi) is 6.85. The van der Waals surface area contributed by atoms with E-state index in [-0.39, 0.29) is 5.75 Å². The van der Waals surface area contributed by atoms with Crippen molar-refractivity contribution >= 4 is 18.6 Å². The summed E-state index contributed by atoms with van der Waals surface area (Å²) in [6.45, 7) is 0. The Morgan fingerprint density at radius 1 is 0.533 bits per heavy atom. The van der Waals surface area contributed by atoms with Gasteiger partial charge in [0.2, 0.25) is 21.1 Å². The zero-order valence-electron chi connectivity index (χ0n) is 15.7. The molecular formula is C23H17BF4OS. The molecule has 152 valence electrons. The Labute approximate surface area is 176 Å². The van der Waals surface area contributed by atoms with Crippen LogP contribution in [0.15, 0.2) is 97.1 Å². The molecule has 0 saturated heterocycles. The number of hydrogen-bond acceptors (Lipinski definition) is 1. The molecule has 1 nitrogen and oxygen atoms in total. The van der Waals surface area contributed by atoms with Gasteiger partial charge in [-0.15, -0.1) is 0 Å². The normalized spacial score (nSPS) is 10.8. The van der Waals surface area contributed by atoms with E-state index in [9.17, 15) is 22.4 Å². The summed E-state index contributed by atoms with van der Waals surface area (Å²) in [5.74, 6) is 0.286. The Bertz CT molecular complexity index is 1020. The second-order valence-electron chi connectivity index (χ2n) is 6.35. The summed E-state index contributed by atoms with van der Waals surface area (Å²) in [6, 6.07) is 32.7. The van der Waals surface area contributed by atoms with Crippen LogP contribution in [0.3, 0.4) is 0 Å². The average molecular weight is 428 g/mol. The number of benzene rings is 3. The third-order valence-electron chi connectivity index (χ3n) is 4.11. The molecule has 0 aliphatic heterocycles. The first-order valence-electron chi connectivity index (χ1n) is 9.05. The molecule has 1 aromatic heterocycles. The van der Waals surface area contributed by atoms with Crippen LogP contribution in [0.4, 0.5) is 17.3 Å². The van der Waals surface area contributed by atoms with Crippen molar-refractivity contribution in [2.45, 2.75) is 0 Å². The highest BCUT2D eigenvalue weighted by Gasteiger charge is 2.21. The minimum absolute atomic E-state index is 0.286. The van der Waals surface area contributed by atoms with E-state index in [1.165, 1.54) is 20.9 Å². The first-order chi connectivity index (χ1) is 14.3. The Morgan fingerprint density at radius 2 is 0.933 bits per heavy atom. The van der Waals surface area contributed by atoms with Gasteiger partial charge < -0.3 is 22.4 Å². The molecule has 30 heavy (non-hydrogen) atoms. The molecule has 1 heterocycles. The van der Waals surface area contributed by atoms with Gasteiger partial charge in [0.15, 0.2) is 0 Å². The third kappa shape index (κ3) is 6.42. The van der Waals surface area contributed by atoms with Crippen LogP contribution < -0.4 is 0 Å². The average Bonchev–Trinajstić information content (AvgIpc) is 2.74. The van der Waals surface area contributed by atoms with Crippen LogP contribution in [0.2, 0.25) is 0 Å². The second kappa shape index (κ2) is 9.54.